The van der Waals surface area contributed by atoms with Crippen LogP contribution >= 0.6 is 0 Å². The van der Waals surface area contributed by atoms with Crippen LogP contribution in [-0.4, -0.2) is 34.9 Å². The highest BCUT2D eigenvalue weighted by Gasteiger charge is 2.37. The minimum Gasteiger partial charge on any atom is -0.444 e. The molecule has 0 saturated carbocycles. The van der Waals surface area contributed by atoms with Gasteiger partial charge in [0.05, 0.1) is 5.56 Å². The van der Waals surface area contributed by atoms with Crippen molar-refractivity contribution in [3.05, 3.63) is 29.6 Å². The molecule has 8 heteroatoms. The molecule has 1 unspecified atom stereocenters. The summed E-state index contributed by atoms with van der Waals surface area (Å²) < 4.78 is 44.1. The van der Waals surface area contributed by atoms with Gasteiger partial charge in [-0.05, 0) is 26.8 Å². The van der Waals surface area contributed by atoms with Crippen LogP contribution in [0.15, 0.2) is 18.5 Å². The third kappa shape index (κ3) is 4.44. The van der Waals surface area contributed by atoms with Crippen molar-refractivity contribution in [1.82, 2.24) is 9.88 Å². The third-order valence-electron chi connectivity index (χ3n) is 2.70. The Balaban J connectivity index is 3.17. The summed E-state index contributed by atoms with van der Waals surface area (Å²) in [4.78, 5) is 27.6. The average molecular weight is 318 g/mol. The number of pyridine rings is 1. The molecule has 0 spiro atoms. The first kappa shape index (κ1) is 17.9. The zero-order chi connectivity index (χ0) is 17.1. The van der Waals surface area contributed by atoms with Gasteiger partial charge < -0.3 is 9.53 Å². The van der Waals surface area contributed by atoms with E-state index in [4.69, 9.17) is 4.74 Å². The lowest BCUT2D eigenvalue weighted by molar-refractivity contribution is -0.139. The Morgan fingerprint density at radius 1 is 1.36 bits per heavy atom. The van der Waals surface area contributed by atoms with Gasteiger partial charge in [-0.25, -0.2) is 4.79 Å². The van der Waals surface area contributed by atoms with Crippen LogP contribution in [0.25, 0.3) is 0 Å². The number of carbonyl (C=O) groups excluding carboxylic acids is 2. The van der Waals surface area contributed by atoms with Gasteiger partial charge in [-0.3, -0.25) is 9.88 Å². The Bertz CT molecular complexity index is 553. The van der Waals surface area contributed by atoms with Crippen LogP contribution in [0.3, 0.4) is 0 Å². The van der Waals surface area contributed by atoms with Gasteiger partial charge in [0.15, 0.2) is 0 Å². The molecule has 0 N–H and O–H groups in total. The molecule has 1 heterocycles. The van der Waals surface area contributed by atoms with E-state index in [1.165, 1.54) is 7.05 Å². The number of amides is 1. The Morgan fingerprint density at radius 3 is 2.41 bits per heavy atom. The molecule has 0 aliphatic carbocycles. The summed E-state index contributed by atoms with van der Waals surface area (Å²) in [5.74, 6) is 0. The molecule has 0 aliphatic heterocycles. The fourth-order valence-corrected chi connectivity index (χ4v) is 1.72. The van der Waals surface area contributed by atoms with Crippen molar-refractivity contribution < 1.29 is 27.5 Å². The monoisotopic (exact) mass is 318 g/mol. The minimum atomic E-state index is -4.66. The predicted octanol–water partition coefficient (Wildman–Crippen LogP) is 3.21. The van der Waals surface area contributed by atoms with E-state index in [1.807, 2.05) is 0 Å². The van der Waals surface area contributed by atoms with Gasteiger partial charge in [0.2, 0.25) is 0 Å². The summed E-state index contributed by atoms with van der Waals surface area (Å²) in [5.41, 5.74) is -2.26. The van der Waals surface area contributed by atoms with E-state index in [2.05, 4.69) is 4.98 Å². The highest BCUT2D eigenvalue weighted by atomic mass is 19.4. The van der Waals surface area contributed by atoms with E-state index in [1.54, 1.807) is 20.8 Å². The number of ether oxygens (including phenoxy) is 1. The number of carbonyl (C=O) groups is 2. The maximum atomic E-state index is 13.0. The summed E-state index contributed by atoms with van der Waals surface area (Å²) in [6, 6.07) is -0.686. The molecule has 0 bridgehead atoms. The van der Waals surface area contributed by atoms with Crippen LogP contribution in [0.2, 0.25) is 0 Å². The number of nitrogens with zero attached hydrogens (tertiary/aromatic N) is 2. The van der Waals surface area contributed by atoms with Crippen LogP contribution in [0.5, 0.6) is 0 Å². The minimum absolute atomic E-state index is 0.246. The zero-order valence-electron chi connectivity index (χ0n) is 12.6. The number of hydrogen-bond donors (Lipinski definition) is 0. The Morgan fingerprint density at radius 2 is 1.95 bits per heavy atom. The number of likely N-dealkylation sites (N-methyl/N-ethyl adjacent to an activating group) is 1. The van der Waals surface area contributed by atoms with Gasteiger partial charge in [-0.1, -0.05) is 0 Å². The van der Waals surface area contributed by atoms with Crippen LogP contribution < -0.4 is 0 Å². The van der Waals surface area contributed by atoms with E-state index in [-0.39, 0.29) is 6.29 Å². The lowest BCUT2D eigenvalue weighted by Crippen LogP contribution is -2.38. The summed E-state index contributed by atoms with van der Waals surface area (Å²) >= 11 is 0. The maximum Gasteiger partial charge on any atom is 0.416 e. The highest BCUT2D eigenvalue weighted by molar-refractivity contribution is 5.75. The first-order valence-corrected chi connectivity index (χ1v) is 6.39. The zero-order valence-corrected chi connectivity index (χ0v) is 12.6. The second-order valence-electron chi connectivity index (χ2n) is 5.63. The van der Waals surface area contributed by atoms with E-state index in [0.29, 0.717) is 0 Å². The Hall–Kier alpha value is -2.12. The Kier molecular flexibility index (Phi) is 5.16. The molecule has 0 aromatic carbocycles. The molecule has 0 aliphatic rings. The van der Waals surface area contributed by atoms with Crippen molar-refractivity contribution in [2.24, 2.45) is 0 Å². The summed E-state index contributed by atoms with van der Waals surface area (Å²) in [7, 11) is 1.19. The highest BCUT2D eigenvalue weighted by Crippen LogP contribution is 2.35. The molecule has 22 heavy (non-hydrogen) atoms. The molecular weight excluding hydrogens is 301 g/mol. The number of alkyl halides is 3. The molecule has 1 amide bonds. The van der Waals surface area contributed by atoms with E-state index >= 15 is 0 Å². The molecule has 1 aromatic rings. The average Bonchev–Trinajstić information content (AvgIpc) is 2.36. The van der Waals surface area contributed by atoms with Crippen LogP contribution in [0.4, 0.5) is 18.0 Å². The van der Waals surface area contributed by atoms with Gasteiger partial charge in [0.1, 0.15) is 17.9 Å². The van der Waals surface area contributed by atoms with Crippen molar-refractivity contribution in [3.8, 4) is 0 Å². The second-order valence-corrected chi connectivity index (χ2v) is 5.63. The maximum absolute atomic E-state index is 13.0. The number of aldehydes is 1. The SMILES string of the molecule is CN(C(=O)OC(C)(C)C)C(C=O)c1cnccc1C(F)(F)F. The third-order valence-corrected chi connectivity index (χ3v) is 2.70. The quantitative estimate of drug-likeness (QED) is 0.803. The molecule has 1 atom stereocenters. The number of halogens is 3. The topological polar surface area (TPSA) is 59.5 Å². The van der Waals surface area contributed by atoms with E-state index in [0.717, 1.165) is 23.4 Å². The van der Waals surface area contributed by atoms with Gasteiger partial charge in [0.25, 0.3) is 0 Å². The van der Waals surface area contributed by atoms with E-state index < -0.39 is 35.0 Å². The molecule has 5 nitrogen and oxygen atoms in total. The second kappa shape index (κ2) is 6.33. The van der Waals surface area contributed by atoms with Crippen LogP contribution in [-0.2, 0) is 15.7 Å². The largest absolute Gasteiger partial charge is 0.444 e. The fraction of sp³-hybridized carbons (Fsp3) is 0.500. The normalized spacial score (nSPS) is 13.4. The molecule has 0 radical (unpaired) electrons. The molecular formula is C14H17F3N2O3. The number of aromatic nitrogens is 1. The molecule has 1 rings (SSSR count). The van der Waals surface area contributed by atoms with Crippen molar-refractivity contribution in [1.29, 1.82) is 0 Å². The smallest absolute Gasteiger partial charge is 0.416 e. The van der Waals surface area contributed by atoms with Gasteiger partial charge in [-0.15, -0.1) is 0 Å². The van der Waals surface area contributed by atoms with Crippen molar-refractivity contribution in [2.45, 2.75) is 38.6 Å². The summed E-state index contributed by atoms with van der Waals surface area (Å²) in [6.07, 6.45) is -3.42. The lowest BCUT2D eigenvalue weighted by Gasteiger charge is -2.29. The fourth-order valence-electron chi connectivity index (χ4n) is 1.72. The van der Waals surface area contributed by atoms with Gasteiger partial charge >= 0.3 is 12.3 Å². The van der Waals surface area contributed by atoms with E-state index in [9.17, 15) is 22.8 Å². The standard InChI is InChI=1S/C14H17F3N2O3/c1-13(2,3)22-12(21)19(4)11(8-20)9-7-18-6-5-10(9)14(15,16)17/h5-8,11H,1-4H3. The van der Waals surface area contributed by atoms with Crippen LogP contribution in [0.1, 0.15) is 37.9 Å². The van der Waals surface area contributed by atoms with Crippen molar-refractivity contribution in [3.63, 3.8) is 0 Å². The lowest BCUT2D eigenvalue weighted by atomic mass is 10.0. The van der Waals surface area contributed by atoms with Gasteiger partial charge in [0, 0.05) is 25.0 Å². The summed E-state index contributed by atoms with van der Waals surface area (Å²) in [5, 5.41) is 0. The molecule has 1 aromatic heterocycles. The first-order valence-electron chi connectivity index (χ1n) is 6.39. The molecule has 122 valence electrons. The van der Waals surface area contributed by atoms with Gasteiger partial charge in [-0.2, -0.15) is 13.2 Å². The molecule has 0 fully saturated rings. The summed E-state index contributed by atoms with van der Waals surface area (Å²) in [6.45, 7) is 4.83. The number of hydrogen-bond acceptors (Lipinski definition) is 4. The first-order chi connectivity index (χ1) is 9.97. The van der Waals surface area contributed by atoms with Crippen molar-refractivity contribution in [2.75, 3.05) is 7.05 Å². The predicted molar refractivity (Wildman–Crippen MR) is 72.0 cm³/mol. The van der Waals surface area contributed by atoms with Crippen LogP contribution in [0, 0.1) is 0 Å². The molecule has 0 saturated heterocycles. The number of rotatable bonds is 3. The Labute approximate surface area is 126 Å². The van der Waals surface area contributed by atoms with Crippen molar-refractivity contribution >= 4 is 12.4 Å².